The van der Waals surface area contributed by atoms with Crippen molar-refractivity contribution in [2.24, 2.45) is 0 Å². The molecular formula is C17H12FN3O3. The molecule has 0 saturated carbocycles. The van der Waals surface area contributed by atoms with Gasteiger partial charge in [-0.1, -0.05) is 18.2 Å². The van der Waals surface area contributed by atoms with E-state index in [0.717, 1.165) is 0 Å². The Morgan fingerprint density at radius 2 is 1.88 bits per heavy atom. The van der Waals surface area contributed by atoms with E-state index in [2.05, 4.69) is 15.3 Å². The summed E-state index contributed by atoms with van der Waals surface area (Å²) in [6, 6.07) is 10.6. The highest BCUT2D eigenvalue weighted by atomic mass is 19.1. The Hall–Kier alpha value is -3.35. The fraction of sp³-hybridized carbons (Fsp3) is 0.0588. The predicted octanol–water partition coefficient (Wildman–Crippen LogP) is 2.40. The number of carbonyl (C=O) groups is 2. The van der Waals surface area contributed by atoms with Gasteiger partial charge in [0.25, 0.3) is 5.91 Å². The van der Waals surface area contributed by atoms with Crippen LogP contribution in [0.1, 0.15) is 26.5 Å². The lowest BCUT2D eigenvalue weighted by Crippen LogP contribution is -2.24. The summed E-state index contributed by atoms with van der Waals surface area (Å²) in [4.78, 5) is 30.8. The predicted molar refractivity (Wildman–Crippen MR) is 84.1 cm³/mol. The van der Waals surface area contributed by atoms with Crippen LogP contribution < -0.4 is 5.32 Å². The molecule has 3 aromatic rings. The molecule has 0 fully saturated rings. The molecule has 0 radical (unpaired) electrons. The summed E-state index contributed by atoms with van der Waals surface area (Å²) in [5.74, 6) is -2.11. The van der Waals surface area contributed by atoms with Crippen LogP contribution in [0, 0.1) is 5.82 Å². The first-order valence-corrected chi connectivity index (χ1v) is 7.06. The molecule has 0 unspecified atom stereocenters. The highest BCUT2D eigenvalue weighted by molar-refractivity contribution is 5.94. The van der Waals surface area contributed by atoms with Crippen molar-refractivity contribution in [3.8, 4) is 0 Å². The lowest BCUT2D eigenvalue weighted by Gasteiger charge is -2.06. The van der Waals surface area contributed by atoms with Crippen molar-refractivity contribution in [1.82, 2.24) is 15.3 Å². The van der Waals surface area contributed by atoms with Crippen molar-refractivity contribution in [1.29, 1.82) is 0 Å². The molecule has 1 aromatic carbocycles. The number of aromatic nitrogens is 2. The summed E-state index contributed by atoms with van der Waals surface area (Å²) >= 11 is 0. The lowest BCUT2D eigenvalue weighted by molar-refractivity contribution is 0.0690. The van der Waals surface area contributed by atoms with Crippen LogP contribution in [0.3, 0.4) is 0 Å². The molecule has 0 spiro atoms. The number of pyridine rings is 2. The zero-order valence-electron chi connectivity index (χ0n) is 12.4. The average Bonchev–Trinajstić information content (AvgIpc) is 2.60. The van der Waals surface area contributed by atoms with Crippen molar-refractivity contribution in [3.63, 3.8) is 0 Å². The van der Waals surface area contributed by atoms with Crippen molar-refractivity contribution in [2.75, 3.05) is 0 Å². The number of amides is 1. The van der Waals surface area contributed by atoms with Crippen LogP contribution in [-0.4, -0.2) is 27.0 Å². The number of carboxylic acids is 1. The summed E-state index contributed by atoms with van der Waals surface area (Å²) in [5, 5.41) is 12.2. The molecule has 2 N–H and O–H groups in total. The fourth-order valence-electron chi connectivity index (χ4n) is 2.22. The minimum Gasteiger partial charge on any atom is -0.477 e. The average molecular weight is 325 g/mol. The smallest absolute Gasteiger partial charge is 0.354 e. The van der Waals surface area contributed by atoms with E-state index in [1.807, 2.05) is 0 Å². The molecule has 0 saturated heterocycles. The molecule has 0 aliphatic carbocycles. The second-order valence-corrected chi connectivity index (χ2v) is 5.05. The first-order chi connectivity index (χ1) is 11.5. The Morgan fingerprint density at radius 3 is 2.67 bits per heavy atom. The highest BCUT2D eigenvalue weighted by Crippen LogP contribution is 2.16. The summed E-state index contributed by atoms with van der Waals surface area (Å²) in [6.07, 6.45) is 1.48. The number of para-hydroxylation sites is 1. The van der Waals surface area contributed by atoms with Gasteiger partial charge in [0, 0.05) is 18.1 Å². The van der Waals surface area contributed by atoms with Crippen LogP contribution in [0.4, 0.5) is 4.39 Å². The van der Waals surface area contributed by atoms with Crippen LogP contribution in [0.2, 0.25) is 0 Å². The summed E-state index contributed by atoms with van der Waals surface area (Å²) in [5.41, 5.74) is 0.763. The Bertz CT molecular complexity index is 943. The maximum absolute atomic E-state index is 13.6. The number of carbonyl (C=O) groups excluding carboxylic acids is 1. The van der Waals surface area contributed by atoms with Gasteiger partial charge in [0.1, 0.15) is 22.7 Å². The zero-order chi connectivity index (χ0) is 17.1. The van der Waals surface area contributed by atoms with Gasteiger partial charge in [0.05, 0.1) is 0 Å². The van der Waals surface area contributed by atoms with E-state index in [9.17, 15) is 14.0 Å². The number of hydrogen-bond donors (Lipinski definition) is 2. The van der Waals surface area contributed by atoms with Crippen LogP contribution in [0.15, 0.2) is 48.7 Å². The zero-order valence-corrected chi connectivity index (χ0v) is 12.4. The number of nitrogens with zero attached hydrogens (tertiary/aromatic N) is 2. The Labute approximate surface area is 136 Å². The van der Waals surface area contributed by atoms with Gasteiger partial charge in [0.2, 0.25) is 0 Å². The molecular weight excluding hydrogens is 313 g/mol. The quantitative estimate of drug-likeness (QED) is 0.768. The molecule has 2 heterocycles. The second kappa shape index (κ2) is 6.41. The van der Waals surface area contributed by atoms with E-state index in [-0.39, 0.29) is 23.4 Å². The van der Waals surface area contributed by atoms with Crippen molar-refractivity contribution < 1.29 is 19.1 Å². The van der Waals surface area contributed by atoms with Gasteiger partial charge in [-0.05, 0) is 29.8 Å². The normalized spacial score (nSPS) is 10.5. The SMILES string of the molecule is O=C(O)c1cccc(C(=O)NCc2cnc3c(F)cccc3c2)n1. The molecule has 1 amide bonds. The van der Waals surface area contributed by atoms with Crippen molar-refractivity contribution in [3.05, 3.63) is 71.4 Å². The van der Waals surface area contributed by atoms with Crippen molar-refractivity contribution >= 4 is 22.8 Å². The van der Waals surface area contributed by atoms with Crippen LogP contribution in [-0.2, 0) is 6.54 Å². The molecule has 120 valence electrons. The maximum atomic E-state index is 13.6. The second-order valence-electron chi connectivity index (χ2n) is 5.05. The van der Waals surface area contributed by atoms with Gasteiger partial charge in [-0.25, -0.2) is 14.2 Å². The fourth-order valence-corrected chi connectivity index (χ4v) is 2.22. The largest absolute Gasteiger partial charge is 0.477 e. The number of benzene rings is 1. The van der Waals surface area contributed by atoms with Gasteiger partial charge in [-0.15, -0.1) is 0 Å². The Morgan fingerprint density at radius 1 is 1.12 bits per heavy atom. The number of rotatable bonds is 4. The van der Waals surface area contributed by atoms with Gasteiger partial charge >= 0.3 is 5.97 Å². The third-order valence-electron chi connectivity index (χ3n) is 3.37. The van der Waals surface area contributed by atoms with Crippen LogP contribution in [0.25, 0.3) is 10.9 Å². The third-order valence-corrected chi connectivity index (χ3v) is 3.37. The van der Waals surface area contributed by atoms with Gasteiger partial charge in [-0.3, -0.25) is 9.78 Å². The molecule has 0 aliphatic heterocycles. The molecule has 0 bridgehead atoms. The number of fused-ring (bicyclic) bond motifs is 1. The van der Waals surface area contributed by atoms with E-state index < -0.39 is 17.7 Å². The molecule has 0 aliphatic rings. The van der Waals surface area contributed by atoms with Crippen LogP contribution in [0.5, 0.6) is 0 Å². The lowest BCUT2D eigenvalue weighted by atomic mass is 10.1. The van der Waals surface area contributed by atoms with Gasteiger partial charge in [-0.2, -0.15) is 0 Å². The number of halogens is 1. The maximum Gasteiger partial charge on any atom is 0.354 e. The standard InChI is InChI=1S/C17H12FN3O3/c18-12-4-1-3-11-7-10(8-19-15(11)12)9-20-16(22)13-5-2-6-14(21-13)17(23)24/h1-8H,9H2,(H,20,22)(H,23,24). The van der Waals surface area contributed by atoms with E-state index in [0.29, 0.717) is 10.9 Å². The first-order valence-electron chi connectivity index (χ1n) is 7.06. The summed E-state index contributed by atoms with van der Waals surface area (Å²) < 4.78 is 13.6. The number of nitrogens with one attached hydrogen (secondary N) is 1. The van der Waals surface area contributed by atoms with Crippen molar-refractivity contribution in [2.45, 2.75) is 6.54 Å². The molecule has 6 nitrogen and oxygen atoms in total. The molecule has 3 rings (SSSR count). The Kier molecular flexibility index (Phi) is 4.15. The van der Waals surface area contributed by atoms with E-state index in [4.69, 9.17) is 5.11 Å². The molecule has 2 aromatic heterocycles. The van der Waals surface area contributed by atoms with E-state index in [1.165, 1.54) is 30.5 Å². The van der Waals surface area contributed by atoms with Gasteiger partial charge in [0.15, 0.2) is 0 Å². The number of aromatic carboxylic acids is 1. The van der Waals surface area contributed by atoms with E-state index in [1.54, 1.807) is 18.2 Å². The monoisotopic (exact) mass is 325 g/mol. The molecule has 7 heteroatoms. The number of hydrogen-bond acceptors (Lipinski definition) is 4. The third kappa shape index (κ3) is 3.19. The minimum atomic E-state index is -1.20. The van der Waals surface area contributed by atoms with Crippen LogP contribution >= 0.6 is 0 Å². The minimum absolute atomic E-state index is 0.00897. The highest BCUT2D eigenvalue weighted by Gasteiger charge is 2.11. The van der Waals surface area contributed by atoms with Gasteiger partial charge < -0.3 is 10.4 Å². The summed E-state index contributed by atoms with van der Waals surface area (Å²) in [6.45, 7) is 0.164. The first kappa shape index (κ1) is 15.5. The molecule has 24 heavy (non-hydrogen) atoms. The topological polar surface area (TPSA) is 92.2 Å². The Balaban J connectivity index is 1.74. The van der Waals surface area contributed by atoms with E-state index >= 15 is 0 Å². The summed E-state index contributed by atoms with van der Waals surface area (Å²) in [7, 11) is 0. The number of carboxylic acid groups (broad SMARTS) is 1. The molecule has 0 atom stereocenters.